The molecule has 0 spiro atoms. The van der Waals surface area contributed by atoms with Crippen molar-refractivity contribution in [3.05, 3.63) is 34.2 Å². The number of thiophene rings is 1. The lowest BCUT2D eigenvalue weighted by Gasteiger charge is -2.15. The molecule has 0 aromatic carbocycles. The van der Waals surface area contributed by atoms with Crippen molar-refractivity contribution >= 4 is 29.0 Å². The molecule has 0 radical (unpaired) electrons. The van der Waals surface area contributed by atoms with Gasteiger partial charge in [-0.05, 0) is 44.7 Å². The quantitative estimate of drug-likeness (QED) is 0.859. The van der Waals surface area contributed by atoms with E-state index < -0.39 is 12.1 Å². The molecule has 0 saturated carbocycles. The fraction of sp³-hybridized carbons (Fsp3) is 0.400. The number of amides is 1. The summed E-state index contributed by atoms with van der Waals surface area (Å²) in [7, 11) is 0. The average Bonchev–Trinajstić information content (AvgIpc) is 3.07. The first-order valence-electron chi connectivity index (χ1n) is 6.99. The lowest BCUT2D eigenvalue weighted by molar-refractivity contribution is -0.123. The van der Waals surface area contributed by atoms with Gasteiger partial charge in [-0.3, -0.25) is 4.79 Å². The summed E-state index contributed by atoms with van der Waals surface area (Å²) < 4.78 is 6.91. The van der Waals surface area contributed by atoms with E-state index in [1.807, 2.05) is 32.2 Å². The topological polar surface area (TPSA) is 73.2 Å². The minimum atomic E-state index is -0.885. The third kappa shape index (κ3) is 3.54. The van der Waals surface area contributed by atoms with Crippen LogP contribution in [0, 0.1) is 6.92 Å². The minimum absolute atomic E-state index is 0.122. The lowest BCUT2D eigenvalue weighted by atomic mass is 10.3. The third-order valence-corrected chi connectivity index (χ3v) is 4.11. The summed E-state index contributed by atoms with van der Waals surface area (Å²) in [6.45, 7) is 7.31. The van der Waals surface area contributed by atoms with E-state index >= 15 is 0 Å². The monoisotopic (exact) mass is 321 g/mol. The standard InChI is InChI=1S/C15H19N3O3S/c1-9(2)18-12(5-7-16-18)17-14(19)11(4)21-15(20)13-10(3)6-8-22-13/h5-9,11H,1-4H3,(H,17,19). The van der Waals surface area contributed by atoms with Crippen LogP contribution in [0.2, 0.25) is 0 Å². The highest BCUT2D eigenvalue weighted by Crippen LogP contribution is 2.18. The van der Waals surface area contributed by atoms with Crippen molar-refractivity contribution in [1.29, 1.82) is 0 Å². The van der Waals surface area contributed by atoms with E-state index in [4.69, 9.17) is 4.74 Å². The maximum Gasteiger partial charge on any atom is 0.349 e. The van der Waals surface area contributed by atoms with Crippen molar-refractivity contribution < 1.29 is 14.3 Å². The molecule has 1 amide bonds. The predicted molar refractivity (Wildman–Crippen MR) is 85.2 cm³/mol. The Labute approximate surface area is 133 Å². The molecular formula is C15H19N3O3S. The second kappa shape index (κ2) is 6.74. The van der Waals surface area contributed by atoms with Crippen molar-refractivity contribution in [2.24, 2.45) is 0 Å². The van der Waals surface area contributed by atoms with Crippen molar-refractivity contribution in [3.8, 4) is 0 Å². The minimum Gasteiger partial charge on any atom is -0.448 e. The Morgan fingerprint density at radius 1 is 1.32 bits per heavy atom. The van der Waals surface area contributed by atoms with Crippen LogP contribution in [-0.2, 0) is 9.53 Å². The van der Waals surface area contributed by atoms with E-state index in [1.54, 1.807) is 23.9 Å². The zero-order valence-corrected chi connectivity index (χ0v) is 13.8. The van der Waals surface area contributed by atoms with Crippen LogP contribution >= 0.6 is 11.3 Å². The Kier molecular flexibility index (Phi) is 4.97. The maximum absolute atomic E-state index is 12.1. The van der Waals surface area contributed by atoms with Gasteiger partial charge >= 0.3 is 5.97 Å². The molecule has 2 aromatic heterocycles. The van der Waals surface area contributed by atoms with Gasteiger partial charge in [0.05, 0.1) is 6.20 Å². The first-order valence-corrected chi connectivity index (χ1v) is 7.87. The fourth-order valence-corrected chi connectivity index (χ4v) is 2.71. The fourth-order valence-electron chi connectivity index (χ4n) is 1.90. The second-order valence-corrected chi connectivity index (χ2v) is 6.14. The van der Waals surface area contributed by atoms with Gasteiger partial charge in [0.25, 0.3) is 5.91 Å². The van der Waals surface area contributed by atoms with E-state index in [9.17, 15) is 9.59 Å². The normalized spacial score (nSPS) is 12.2. The Balaban J connectivity index is 1.99. The molecule has 0 aliphatic rings. The first-order chi connectivity index (χ1) is 10.4. The summed E-state index contributed by atoms with van der Waals surface area (Å²) in [5.74, 6) is -0.285. The number of ether oxygens (including phenoxy) is 1. The number of nitrogens with one attached hydrogen (secondary N) is 1. The number of aromatic nitrogens is 2. The van der Waals surface area contributed by atoms with Gasteiger partial charge in [0, 0.05) is 12.1 Å². The van der Waals surface area contributed by atoms with Crippen molar-refractivity contribution in [3.63, 3.8) is 0 Å². The predicted octanol–water partition coefficient (Wildman–Crippen LogP) is 3.02. The Morgan fingerprint density at radius 2 is 2.05 bits per heavy atom. The Hall–Kier alpha value is -2.15. The SMILES string of the molecule is Cc1ccsc1C(=O)OC(C)C(=O)Nc1ccnn1C(C)C. The third-order valence-electron chi connectivity index (χ3n) is 3.11. The highest BCUT2D eigenvalue weighted by molar-refractivity contribution is 7.12. The van der Waals surface area contributed by atoms with E-state index in [-0.39, 0.29) is 11.9 Å². The molecule has 1 atom stereocenters. The number of hydrogen-bond acceptors (Lipinski definition) is 5. The van der Waals surface area contributed by atoms with E-state index in [0.29, 0.717) is 10.7 Å². The van der Waals surface area contributed by atoms with Gasteiger partial charge in [-0.1, -0.05) is 0 Å². The number of rotatable bonds is 5. The highest BCUT2D eigenvalue weighted by atomic mass is 32.1. The van der Waals surface area contributed by atoms with Crippen LogP contribution in [0.5, 0.6) is 0 Å². The molecule has 0 bridgehead atoms. The molecule has 0 aliphatic carbocycles. The number of aryl methyl sites for hydroxylation is 1. The van der Waals surface area contributed by atoms with Crippen LogP contribution in [0.4, 0.5) is 5.82 Å². The molecule has 6 nitrogen and oxygen atoms in total. The van der Waals surface area contributed by atoms with Crippen LogP contribution in [0.3, 0.4) is 0 Å². The Bertz CT molecular complexity index is 675. The van der Waals surface area contributed by atoms with E-state index in [2.05, 4.69) is 10.4 Å². The smallest absolute Gasteiger partial charge is 0.349 e. The van der Waals surface area contributed by atoms with E-state index in [1.165, 1.54) is 11.3 Å². The van der Waals surface area contributed by atoms with E-state index in [0.717, 1.165) is 5.56 Å². The number of nitrogens with zero attached hydrogens (tertiary/aromatic N) is 2. The van der Waals surface area contributed by atoms with Crippen LogP contribution in [0.15, 0.2) is 23.7 Å². The molecule has 1 unspecified atom stereocenters. The van der Waals surface area contributed by atoms with Gasteiger partial charge in [-0.2, -0.15) is 5.10 Å². The molecule has 0 saturated heterocycles. The summed E-state index contributed by atoms with van der Waals surface area (Å²) in [6.07, 6.45) is 0.728. The summed E-state index contributed by atoms with van der Waals surface area (Å²) in [5.41, 5.74) is 0.848. The highest BCUT2D eigenvalue weighted by Gasteiger charge is 2.22. The molecule has 0 aliphatic heterocycles. The second-order valence-electron chi connectivity index (χ2n) is 5.22. The summed E-state index contributed by atoms with van der Waals surface area (Å²) in [5, 5.41) is 8.68. The summed E-state index contributed by atoms with van der Waals surface area (Å²) in [4.78, 5) is 24.7. The van der Waals surface area contributed by atoms with Crippen LogP contribution < -0.4 is 5.32 Å². The molecule has 118 valence electrons. The number of esters is 1. The number of hydrogen-bond donors (Lipinski definition) is 1. The lowest BCUT2D eigenvalue weighted by Crippen LogP contribution is -2.31. The van der Waals surface area contributed by atoms with Gasteiger partial charge in [0.1, 0.15) is 10.7 Å². The molecule has 2 aromatic rings. The maximum atomic E-state index is 12.1. The number of anilines is 1. The molecular weight excluding hydrogens is 302 g/mol. The molecule has 1 N–H and O–H groups in total. The largest absolute Gasteiger partial charge is 0.448 e. The molecule has 2 rings (SSSR count). The van der Waals surface area contributed by atoms with Gasteiger partial charge < -0.3 is 10.1 Å². The molecule has 22 heavy (non-hydrogen) atoms. The van der Waals surface area contributed by atoms with Crippen molar-refractivity contribution in [2.75, 3.05) is 5.32 Å². The van der Waals surface area contributed by atoms with Crippen LogP contribution in [0.1, 0.15) is 42.0 Å². The number of carbonyl (C=O) groups excluding carboxylic acids is 2. The van der Waals surface area contributed by atoms with Crippen LogP contribution in [-0.4, -0.2) is 27.8 Å². The van der Waals surface area contributed by atoms with Gasteiger partial charge in [-0.15, -0.1) is 11.3 Å². The zero-order chi connectivity index (χ0) is 16.3. The first kappa shape index (κ1) is 16.2. The molecule has 7 heteroatoms. The van der Waals surface area contributed by atoms with Crippen molar-refractivity contribution in [1.82, 2.24) is 9.78 Å². The van der Waals surface area contributed by atoms with Crippen LogP contribution in [0.25, 0.3) is 0 Å². The van der Waals surface area contributed by atoms with Crippen molar-refractivity contribution in [2.45, 2.75) is 39.8 Å². The molecule has 2 heterocycles. The zero-order valence-electron chi connectivity index (χ0n) is 13.0. The summed E-state index contributed by atoms with van der Waals surface area (Å²) in [6, 6.07) is 3.67. The van der Waals surface area contributed by atoms with Gasteiger partial charge in [0.2, 0.25) is 0 Å². The van der Waals surface area contributed by atoms with Gasteiger partial charge in [0.15, 0.2) is 6.10 Å². The average molecular weight is 321 g/mol. The summed E-state index contributed by atoms with van der Waals surface area (Å²) >= 11 is 1.30. The van der Waals surface area contributed by atoms with Gasteiger partial charge in [-0.25, -0.2) is 9.48 Å². The molecule has 0 fully saturated rings. The number of carbonyl (C=O) groups is 2. The Morgan fingerprint density at radius 3 is 2.64 bits per heavy atom.